The van der Waals surface area contributed by atoms with Gasteiger partial charge < -0.3 is 10.6 Å². The monoisotopic (exact) mass is 273 g/mol. The van der Waals surface area contributed by atoms with E-state index in [1.54, 1.807) is 12.1 Å². The maximum atomic E-state index is 13.3. The van der Waals surface area contributed by atoms with Crippen LogP contribution in [0.25, 0.3) is 0 Å². The van der Waals surface area contributed by atoms with Crippen molar-refractivity contribution in [1.82, 2.24) is 4.98 Å². The fourth-order valence-electron chi connectivity index (χ4n) is 2.30. The van der Waals surface area contributed by atoms with Gasteiger partial charge in [0.25, 0.3) is 0 Å². The van der Waals surface area contributed by atoms with E-state index in [1.165, 1.54) is 6.07 Å². The van der Waals surface area contributed by atoms with Crippen LogP contribution >= 0.6 is 0 Å². The molecule has 0 atom stereocenters. The molecule has 0 aliphatic rings. The summed E-state index contributed by atoms with van der Waals surface area (Å²) in [4.78, 5) is 6.57. The van der Waals surface area contributed by atoms with Crippen LogP contribution in [0.2, 0.25) is 0 Å². The van der Waals surface area contributed by atoms with Crippen molar-refractivity contribution in [2.75, 3.05) is 18.5 Å². The Hall–Kier alpha value is -1.94. The van der Waals surface area contributed by atoms with Gasteiger partial charge in [-0.05, 0) is 55.8 Å². The number of rotatable bonds is 5. The molecule has 1 aromatic heterocycles. The zero-order valence-electron chi connectivity index (χ0n) is 11.9. The highest BCUT2D eigenvalue weighted by Crippen LogP contribution is 2.22. The molecule has 2 rings (SSSR count). The first-order valence-corrected chi connectivity index (χ1v) is 6.72. The summed E-state index contributed by atoms with van der Waals surface area (Å²) < 4.78 is 13.3. The zero-order chi connectivity index (χ0) is 14.5. The molecule has 20 heavy (non-hydrogen) atoms. The van der Waals surface area contributed by atoms with Gasteiger partial charge in [0.05, 0.1) is 12.2 Å². The van der Waals surface area contributed by atoms with Crippen molar-refractivity contribution in [2.45, 2.75) is 19.9 Å². The number of benzene rings is 1. The highest BCUT2D eigenvalue weighted by atomic mass is 19.1. The van der Waals surface area contributed by atoms with Crippen LogP contribution in [0.1, 0.15) is 17.0 Å². The van der Waals surface area contributed by atoms with Crippen molar-refractivity contribution in [1.29, 1.82) is 0 Å². The molecule has 2 N–H and O–H groups in total. The van der Waals surface area contributed by atoms with Gasteiger partial charge in [-0.25, -0.2) is 4.39 Å². The zero-order valence-corrected chi connectivity index (χ0v) is 11.9. The lowest BCUT2D eigenvalue weighted by Gasteiger charge is -2.22. The largest absolute Gasteiger partial charge is 0.368 e. The normalized spacial score (nSPS) is 10.6. The Morgan fingerprint density at radius 1 is 1.25 bits per heavy atom. The summed E-state index contributed by atoms with van der Waals surface area (Å²) in [5, 5.41) is 0. The second kappa shape index (κ2) is 6.48. The fourth-order valence-corrected chi connectivity index (χ4v) is 2.30. The highest BCUT2D eigenvalue weighted by molar-refractivity contribution is 5.53. The van der Waals surface area contributed by atoms with Gasteiger partial charge >= 0.3 is 0 Å². The van der Waals surface area contributed by atoms with Crippen molar-refractivity contribution in [3.63, 3.8) is 0 Å². The van der Waals surface area contributed by atoms with E-state index in [4.69, 9.17) is 5.73 Å². The van der Waals surface area contributed by atoms with E-state index < -0.39 is 0 Å². The molecular weight excluding hydrogens is 253 g/mol. The van der Waals surface area contributed by atoms with Gasteiger partial charge in [0.15, 0.2) is 0 Å². The summed E-state index contributed by atoms with van der Waals surface area (Å²) >= 11 is 0. The summed E-state index contributed by atoms with van der Waals surface area (Å²) in [6, 6.07) is 10.8. The lowest BCUT2D eigenvalue weighted by atomic mass is 10.1. The molecule has 0 fully saturated rings. The number of pyridine rings is 1. The van der Waals surface area contributed by atoms with Gasteiger partial charge in [0.2, 0.25) is 0 Å². The predicted octanol–water partition coefficient (Wildman–Crippen LogP) is 2.67. The number of hydrogen-bond donors (Lipinski definition) is 1. The van der Waals surface area contributed by atoms with Gasteiger partial charge in [-0.2, -0.15) is 0 Å². The molecule has 0 aliphatic carbocycles. The summed E-state index contributed by atoms with van der Waals surface area (Å²) in [7, 11) is 1.98. The molecule has 1 heterocycles. The van der Waals surface area contributed by atoms with Crippen LogP contribution in [0.15, 0.2) is 36.4 Å². The molecule has 0 amide bonds. The SMILES string of the molecule is Cc1cccc(CN(C)c2ccc(F)cc2CCN)n1. The van der Waals surface area contributed by atoms with Crippen LogP contribution in [-0.4, -0.2) is 18.6 Å². The molecule has 0 unspecified atom stereocenters. The standard InChI is InChI=1S/C16H20FN3/c1-12-4-3-5-15(19-12)11-20(2)16-7-6-14(17)10-13(16)8-9-18/h3-7,10H,8-9,11,18H2,1-2H3. The smallest absolute Gasteiger partial charge is 0.123 e. The Balaban J connectivity index is 2.22. The van der Waals surface area contributed by atoms with E-state index in [2.05, 4.69) is 9.88 Å². The van der Waals surface area contributed by atoms with E-state index in [0.717, 1.165) is 22.6 Å². The van der Waals surface area contributed by atoms with Crippen molar-refractivity contribution >= 4 is 5.69 Å². The van der Waals surface area contributed by atoms with Crippen LogP contribution in [0.4, 0.5) is 10.1 Å². The van der Waals surface area contributed by atoms with E-state index in [1.807, 2.05) is 32.2 Å². The summed E-state index contributed by atoms with van der Waals surface area (Å²) in [6.45, 7) is 3.17. The third kappa shape index (κ3) is 3.54. The second-order valence-corrected chi connectivity index (χ2v) is 4.94. The van der Waals surface area contributed by atoms with Crippen molar-refractivity contribution < 1.29 is 4.39 Å². The molecule has 4 heteroatoms. The Kier molecular flexibility index (Phi) is 4.69. The summed E-state index contributed by atoms with van der Waals surface area (Å²) in [5.74, 6) is -0.223. The number of nitrogens with two attached hydrogens (primary N) is 1. The Bertz CT molecular complexity index is 584. The maximum Gasteiger partial charge on any atom is 0.123 e. The van der Waals surface area contributed by atoms with Gasteiger partial charge in [-0.3, -0.25) is 4.98 Å². The topological polar surface area (TPSA) is 42.1 Å². The van der Waals surface area contributed by atoms with Gasteiger partial charge in [0.1, 0.15) is 5.82 Å². The van der Waals surface area contributed by atoms with Gasteiger partial charge in [-0.1, -0.05) is 6.07 Å². The third-order valence-corrected chi connectivity index (χ3v) is 3.21. The minimum atomic E-state index is -0.223. The van der Waals surface area contributed by atoms with Crippen LogP contribution in [-0.2, 0) is 13.0 Å². The van der Waals surface area contributed by atoms with Crippen LogP contribution < -0.4 is 10.6 Å². The lowest BCUT2D eigenvalue weighted by Crippen LogP contribution is -2.20. The maximum absolute atomic E-state index is 13.3. The van der Waals surface area contributed by atoms with Gasteiger partial charge in [0, 0.05) is 18.4 Å². The molecule has 0 radical (unpaired) electrons. The molecule has 0 saturated heterocycles. The minimum Gasteiger partial charge on any atom is -0.368 e. The molecule has 0 aliphatic heterocycles. The van der Waals surface area contributed by atoms with Crippen molar-refractivity contribution in [3.8, 4) is 0 Å². The molecule has 0 saturated carbocycles. The van der Waals surface area contributed by atoms with Gasteiger partial charge in [-0.15, -0.1) is 0 Å². The second-order valence-electron chi connectivity index (χ2n) is 4.94. The predicted molar refractivity (Wildman–Crippen MR) is 80.2 cm³/mol. The first-order valence-electron chi connectivity index (χ1n) is 6.72. The molecule has 1 aromatic carbocycles. The number of aromatic nitrogens is 1. The number of hydrogen-bond acceptors (Lipinski definition) is 3. The van der Waals surface area contributed by atoms with Crippen LogP contribution in [0.5, 0.6) is 0 Å². The number of aryl methyl sites for hydroxylation is 1. The summed E-state index contributed by atoms with van der Waals surface area (Å²) in [5.41, 5.74) is 9.53. The highest BCUT2D eigenvalue weighted by Gasteiger charge is 2.09. The van der Waals surface area contributed by atoms with E-state index in [0.29, 0.717) is 19.5 Å². The van der Waals surface area contributed by atoms with E-state index >= 15 is 0 Å². The molecule has 3 nitrogen and oxygen atoms in total. The molecule has 0 bridgehead atoms. The molecular formula is C16H20FN3. The number of anilines is 1. The Morgan fingerprint density at radius 3 is 2.75 bits per heavy atom. The number of nitrogens with zero attached hydrogens (tertiary/aromatic N) is 2. The first-order chi connectivity index (χ1) is 9.60. The quantitative estimate of drug-likeness (QED) is 0.910. The average molecular weight is 273 g/mol. The Labute approximate surface area is 119 Å². The van der Waals surface area contributed by atoms with Crippen molar-refractivity contribution in [2.24, 2.45) is 5.73 Å². The van der Waals surface area contributed by atoms with Crippen LogP contribution in [0, 0.1) is 12.7 Å². The first kappa shape index (κ1) is 14.5. The lowest BCUT2D eigenvalue weighted by molar-refractivity contribution is 0.625. The van der Waals surface area contributed by atoms with E-state index in [9.17, 15) is 4.39 Å². The molecule has 0 spiro atoms. The van der Waals surface area contributed by atoms with Crippen LogP contribution in [0.3, 0.4) is 0 Å². The fraction of sp³-hybridized carbons (Fsp3) is 0.312. The summed E-state index contributed by atoms with van der Waals surface area (Å²) in [6.07, 6.45) is 0.665. The minimum absolute atomic E-state index is 0.223. The average Bonchev–Trinajstić information content (AvgIpc) is 2.39. The van der Waals surface area contributed by atoms with Crippen molar-refractivity contribution in [3.05, 3.63) is 59.2 Å². The molecule has 106 valence electrons. The number of halogens is 1. The molecule has 2 aromatic rings. The van der Waals surface area contributed by atoms with E-state index in [-0.39, 0.29) is 5.82 Å². The Morgan fingerprint density at radius 2 is 2.05 bits per heavy atom. The third-order valence-electron chi connectivity index (χ3n) is 3.21.